The molecule has 3 heterocycles. The SMILES string of the molecule is C1=CC2=C(c3ccccc3)N=C(c3ccc4c(c3)oc3c(-n5c6ccccc6c6ccc(-c7ccccc7)cc65)cccc34)[N-]C2C=C1. The molecule has 1 aliphatic carbocycles. The van der Waals surface area contributed by atoms with Crippen molar-refractivity contribution in [3.05, 3.63) is 186 Å². The van der Waals surface area contributed by atoms with Gasteiger partial charge in [-0.25, -0.2) is 0 Å². The first-order chi connectivity index (χ1) is 23.8. The summed E-state index contributed by atoms with van der Waals surface area (Å²) in [5.41, 5.74) is 11.4. The molecule has 0 radical (unpaired) electrons. The lowest BCUT2D eigenvalue weighted by molar-refractivity contribution is 0.666. The predicted octanol–water partition coefficient (Wildman–Crippen LogP) is 11.4. The van der Waals surface area contributed by atoms with Crippen molar-refractivity contribution in [3.8, 4) is 16.8 Å². The monoisotopic (exact) mass is 614 g/mol. The van der Waals surface area contributed by atoms with Gasteiger partial charge in [-0.05, 0) is 63.9 Å². The summed E-state index contributed by atoms with van der Waals surface area (Å²) in [4.78, 5) is 5.13. The molecule has 8 aromatic rings. The van der Waals surface area contributed by atoms with Gasteiger partial charge in [0.1, 0.15) is 5.58 Å². The number of amidine groups is 1. The lowest BCUT2D eigenvalue weighted by Crippen LogP contribution is -2.19. The highest BCUT2D eigenvalue weighted by Gasteiger charge is 2.20. The standard InChI is InChI=1S/C44H28N3O/c1-3-12-28(13-4-1)30-22-24-33-32-16-8-10-20-38(32)47(40(33)26-30)39-21-11-18-35-34-25-23-31(27-41(34)48-43(35)39)44-45-37-19-9-7-17-36(37)42(46-44)29-14-5-2-6-15-29/h1-27,37H/q-1. The van der Waals surface area contributed by atoms with Gasteiger partial charge in [0.25, 0.3) is 0 Å². The van der Waals surface area contributed by atoms with Crippen molar-refractivity contribution in [2.45, 2.75) is 6.04 Å². The average molecular weight is 615 g/mol. The van der Waals surface area contributed by atoms with E-state index < -0.39 is 0 Å². The number of furan rings is 1. The van der Waals surface area contributed by atoms with Crippen molar-refractivity contribution < 1.29 is 4.42 Å². The third-order valence-electron chi connectivity index (χ3n) is 9.56. The van der Waals surface area contributed by atoms with E-state index in [1.807, 2.05) is 6.07 Å². The fourth-order valence-corrected chi connectivity index (χ4v) is 7.30. The molecule has 10 rings (SSSR count). The van der Waals surface area contributed by atoms with Crippen LogP contribution in [0.2, 0.25) is 0 Å². The Balaban J connectivity index is 1.15. The molecule has 0 amide bonds. The zero-order valence-electron chi connectivity index (χ0n) is 25.9. The molecule has 2 aliphatic rings. The minimum absolute atomic E-state index is 0.0771. The van der Waals surface area contributed by atoms with Crippen molar-refractivity contribution in [2.75, 3.05) is 0 Å². The smallest absolute Gasteiger partial charge is 0.159 e. The van der Waals surface area contributed by atoms with Crippen molar-refractivity contribution >= 4 is 55.3 Å². The fraction of sp³-hybridized carbons (Fsp3) is 0.0227. The van der Waals surface area contributed by atoms with Crippen molar-refractivity contribution in [3.63, 3.8) is 0 Å². The predicted molar refractivity (Wildman–Crippen MR) is 199 cm³/mol. The Labute approximate surface area is 277 Å². The van der Waals surface area contributed by atoms with Gasteiger partial charge in [-0.15, -0.1) is 0 Å². The first kappa shape index (κ1) is 26.8. The lowest BCUT2D eigenvalue weighted by Gasteiger charge is -2.36. The van der Waals surface area contributed by atoms with E-state index in [2.05, 4.69) is 162 Å². The second kappa shape index (κ2) is 10.6. The molecule has 0 saturated heterocycles. The van der Waals surface area contributed by atoms with E-state index in [0.29, 0.717) is 5.84 Å². The molecular weight excluding hydrogens is 587 g/mol. The van der Waals surface area contributed by atoms with E-state index in [-0.39, 0.29) is 6.04 Å². The summed E-state index contributed by atoms with van der Waals surface area (Å²) in [6, 6.07) is 49.0. The largest absolute Gasteiger partial charge is 0.454 e. The number of aromatic nitrogens is 1. The topological polar surface area (TPSA) is 44.5 Å². The molecule has 0 bridgehead atoms. The number of hydrogen-bond acceptors (Lipinski definition) is 2. The Hall–Kier alpha value is -6.39. The molecule has 4 nitrogen and oxygen atoms in total. The van der Waals surface area contributed by atoms with Crippen LogP contribution in [0.15, 0.2) is 179 Å². The minimum atomic E-state index is -0.0771. The second-order valence-corrected chi connectivity index (χ2v) is 12.3. The normalized spacial score (nSPS) is 15.8. The number of hydrogen-bond donors (Lipinski definition) is 0. The maximum atomic E-state index is 6.82. The van der Waals surface area contributed by atoms with E-state index in [1.165, 1.54) is 21.9 Å². The molecule has 0 fully saturated rings. The zero-order valence-corrected chi connectivity index (χ0v) is 25.9. The second-order valence-electron chi connectivity index (χ2n) is 12.3. The number of para-hydroxylation sites is 2. The summed E-state index contributed by atoms with van der Waals surface area (Å²) < 4.78 is 9.17. The molecule has 1 aliphatic heterocycles. The Bertz CT molecular complexity index is 2690. The third-order valence-corrected chi connectivity index (χ3v) is 9.56. The van der Waals surface area contributed by atoms with Gasteiger partial charge >= 0.3 is 0 Å². The van der Waals surface area contributed by atoms with Gasteiger partial charge in [0.05, 0.1) is 16.7 Å². The highest BCUT2D eigenvalue weighted by Crippen LogP contribution is 2.40. The highest BCUT2D eigenvalue weighted by atomic mass is 16.3. The zero-order chi connectivity index (χ0) is 31.6. The van der Waals surface area contributed by atoms with Gasteiger partial charge in [0.2, 0.25) is 0 Å². The van der Waals surface area contributed by atoms with Crippen molar-refractivity contribution in [1.29, 1.82) is 0 Å². The summed E-state index contributed by atoms with van der Waals surface area (Å²) in [7, 11) is 0. The average Bonchev–Trinajstić information content (AvgIpc) is 3.70. The van der Waals surface area contributed by atoms with Crippen LogP contribution >= 0.6 is 0 Å². The van der Waals surface area contributed by atoms with Crippen LogP contribution in [0.5, 0.6) is 0 Å². The fourth-order valence-electron chi connectivity index (χ4n) is 7.30. The molecular formula is C44H28N3O-. The molecule has 48 heavy (non-hydrogen) atoms. The third kappa shape index (κ3) is 4.13. The van der Waals surface area contributed by atoms with Gasteiger partial charge in [-0.1, -0.05) is 139 Å². The molecule has 6 aromatic carbocycles. The molecule has 0 N–H and O–H groups in total. The van der Waals surface area contributed by atoms with E-state index in [0.717, 1.165) is 61.1 Å². The minimum Gasteiger partial charge on any atom is -0.454 e. The number of aliphatic imine (C=N–C) groups is 1. The molecule has 0 spiro atoms. The molecule has 4 heteroatoms. The van der Waals surface area contributed by atoms with Gasteiger partial charge < -0.3 is 19.3 Å². The van der Waals surface area contributed by atoms with Gasteiger partial charge in [-0.3, -0.25) is 0 Å². The van der Waals surface area contributed by atoms with Gasteiger partial charge in [0, 0.05) is 27.6 Å². The number of rotatable bonds is 4. The van der Waals surface area contributed by atoms with Gasteiger partial charge in [0.15, 0.2) is 5.58 Å². The number of nitrogens with zero attached hydrogens (tertiary/aromatic N) is 3. The molecule has 226 valence electrons. The Morgan fingerprint density at radius 2 is 1.29 bits per heavy atom. The van der Waals surface area contributed by atoms with Crippen LogP contribution in [-0.2, 0) is 0 Å². The maximum absolute atomic E-state index is 6.82. The van der Waals surface area contributed by atoms with Crippen LogP contribution in [0, 0.1) is 0 Å². The number of allylic oxidation sites excluding steroid dienone is 2. The Kier molecular flexibility index (Phi) is 5.90. The van der Waals surface area contributed by atoms with Crippen LogP contribution in [0.25, 0.3) is 71.6 Å². The first-order valence-corrected chi connectivity index (χ1v) is 16.3. The van der Waals surface area contributed by atoms with E-state index in [4.69, 9.17) is 14.7 Å². The molecule has 1 atom stereocenters. The molecule has 0 saturated carbocycles. The number of fused-ring (bicyclic) bond motifs is 7. The summed E-state index contributed by atoms with van der Waals surface area (Å²) in [6.07, 6.45) is 8.37. The van der Waals surface area contributed by atoms with E-state index in [9.17, 15) is 0 Å². The summed E-state index contributed by atoms with van der Waals surface area (Å²) in [6.45, 7) is 0. The molecule has 2 aromatic heterocycles. The van der Waals surface area contributed by atoms with Gasteiger partial charge in [-0.2, -0.15) is 0 Å². The highest BCUT2D eigenvalue weighted by molar-refractivity contribution is 6.17. The van der Waals surface area contributed by atoms with Crippen LogP contribution in [0.1, 0.15) is 11.1 Å². The lowest BCUT2D eigenvalue weighted by atomic mass is 9.94. The Morgan fingerprint density at radius 1 is 0.562 bits per heavy atom. The van der Waals surface area contributed by atoms with Crippen LogP contribution in [0.4, 0.5) is 0 Å². The Morgan fingerprint density at radius 3 is 2.17 bits per heavy atom. The quantitative estimate of drug-likeness (QED) is 0.194. The van der Waals surface area contributed by atoms with E-state index in [1.54, 1.807) is 0 Å². The van der Waals surface area contributed by atoms with Crippen molar-refractivity contribution in [2.24, 2.45) is 4.99 Å². The van der Waals surface area contributed by atoms with Crippen LogP contribution in [-0.4, -0.2) is 16.4 Å². The van der Waals surface area contributed by atoms with Crippen LogP contribution < -0.4 is 0 Å². The first-order valence-electron chi connectivity index (χ1n) is 16.3. The molecule has 1 unspecified atom stereocenters. The number of benzene rings is 6. The summed E-state index contributed by atoms with van der Waals surface area (Å²) in [5, 5.41) is 9.65. The summed E-state index contributed by atoms with van der Waals surface area (Å²) in [5.74, 6) is 0.709. The summed E-state index contributed by atoms with van der Waals surface area (Å²) >= 11 is 0. The van der Waals surface area contributed by atoms with Crippen molar-refractivity contribution in [1.82, 2.24) is 4.57 Å². The van der Waals surface area contributed by atoms with E-state index >= 15 is 0 Å². The maximum Gasteiger partial charge on any atom is 0.159 e. The van der Waals surface area contributed by atoms with Crippen LogP contribution in [0.3, 0.4) is 0 Å².